The first kappa shape index (κ1) is 23.9. The number of imide groups is 1. The molecule has 0 rings (SSSR count). The van der Waals surface area contributed by atoms with Gasteiger partial charge in [-0.3, -0.25) is 4.79 Å². The third kappa shape index (κ3) is 10.7. The topological polar surface area (TPSA) is 82.1 Å². The summed E-state index contributed by atoms with van der Waals surface area (Å²) in [5, 5.41) is 0. The normalized spacial score (nSPS) is 13.2. The van der Waals surface area contributed by atoms with E-state index in [-0.39, 0.29) is 6.61 Å². The van der Waals surface area contributed by atoms with E-state index in [0.29, 0.717) is 0 Å². The molecule has 0 saturated heterocycles. The van der Waals surface area contributed by atoms with E-state index >= 15 is 0 Å². The zero-order valence-electron chi connectivity index (χ0n) is 17.3. The summed E-state index contributed by atoms with van der Waals surface area (Å²) < 4.78 is 15.7. The van der Waals surface area contributed by atoms with Gasteiger partial charge in [0, 0.05) is 6.92 Å². The van der Waals surface area contributed by atoms with Crippen LogP contribution in [0.25, 0.3) is 0 Å². The first-order valence-corrected chi connectivity index (χ1v) is 8.82. The van der Waals surface area contributed by atoms with Crippen LogP contribution >= 0.6 is 0 Å². The summed E-state index contributed by atoms with van der Waals surface area (Å²) in [4.78, 5) is 37.3. The molecule has 7 nitrogen and oxygen atoms in total. The Morgan fingerprint density at radius 3 is 1.77 bits per heavy atom. The first-order chi connectivity index (χ1) is 11.8. The van der Waals surface area contributed by atoms with Crippen LogP contribution in [-0.4, -0.2) is 46.9 Å². The van der Waals surface area contributed by atoms with Crippen molar-refractivity contribution in [2.24, 2.45) is 0 Å². The van der Waals surface area contributed by atoms with Crippen molar-refractivity contribution >= 4 is 18.2 Å². The molecule has 0 aliphatic carbocycles. The van der Waals surface area contributed by atoms with Crippen LogP contribution in [0.4, 0.5) is 9.59 Å². The largest absolute Gasteiger partial charge is 0.463 e. The highest BCUT2D eigenvalue weighted by atomic mass is 16.6. The van der Waals surface area contributed by atoms with Gasteiger partial charge < -0.3 is 14.2 Å². The molecule has 0 aromatic heterocycles. The Morgan fingerprint density at radius 1 is 0.962 bits per heavy atom. The van der Waals surface area contributed by atoms with Gasteiger partial charge in [0.05, 0.1) is 6.04 Å². The van der Waals surface area contributed by atoms with Crippen LogP contribution < -0.4 is 0 Å². The lowest BCUT2D eigenvalue weighted by molar-refractivity contribution is -0.142. The number of unbranched alkanes of at least 4 members (excludes halogenated alkanes) is 1. The fourth-order valence-corrected chi connectivity index (χ4v) is 1.81. The minimum Gasteiger partial charge on any atom is -0.463 e. The van der Waals surface area contributed by atoms with E-state index in [1.54, 1.807) is 47.6 Å². The summed E-state index contributed by atoms with van der Waals surface area (Å²) in [5.41, 5.74) is -1.59. The first-order valence-electron chi connectivity index (χ1n) is 8.82. The van der Waals surface area contributed by atoms with Crippen LogP contribution in [0.15, 0.2) is 12.2 Å². The minimum atomic E-state index is -0.856. The van der Waals surface area contributed by atoms with Gasteiger partial charge in [-0.15, -0.1) is 0 Å². The summed E-state index contributed by atoms with van der Waals surface area (Å²) in [6.45, 7) is 13.3. The van der Waals surface area contributed by atoms with Gasteiger partial charge >= 0.3 is 18.2 Å². The van der Waals surface area contributed by atoms with Gasteiger partial charge in [0.2, 0.25) is 0 Å². The summed E-state index contributed by atoms with van der Waals surface area (Å²) in [6, 6.07) is -0.824. The smallest absolute Gasteiger partial charge is 0.420 e. The average Bonchev–Trinajstić information content (AvgIpc) is 2.40. The second-order valence-electron chi connectivity index (χ2n) is 7.92. The molecule has 0 radical (unpaired) electrons. The van der Waals surface area contributed by atoms with E-state index in [0.717, 1.165) is 17.7 Å². The van der Waals surface area contributed by atoms with Crippen molar-refractivity contribution in [3.8, 4) is 0 Å². The molecule has 0 heterocycles. The summed E-state index contributed by atoms with van der Waals surface area (Å²) in [7, 11) is 0. The number of nitrogens with zero attached hydrogens (tertiary/aromatic N) is 1. The molecule has 7 heteroatoms. The molecule has 0 bridgehead atoms. The average molecular weight is 371 g/mol. The maximum Gasteiger partial charge on any atom is 0.420 e. The molecule has 2 amide bonds. The number of hydrogen-bond donors (Lipinski definition) is 0. The summed E-state index contributed by atoms with van der Waals surface area (Å²) in [6.07, 6.45) is 3.42. The number of ether oxygens (including phenoxy) is 3. The number of hydrogen-bond acceptors (Lipinski definition) is 6. The van der Waals surface area contributed by atoms with Crippen molar-refractivity contribution in [1.29, 1.82) is 0 Å². The molecule has 0 aliphatic heterocycles. The Labute approximate surface area is 156 Å². The van der Waals surface area contributed by atoms with Crippen molar-refractivity contribution in [3.05, 3.63) is 12.2 Å². The van der Waals surface area contributed by atoms with E-state index in [9.17, 15) is 14.4 Å². The highest BCUT2D eigenvalue weighted by Crippen LogP contribution is 2.18. The number of esters is 1. The number of allylic oxidation sites excluding steroid dienone is 1. The number of carbonyl (C=O) groups is 3. The van der Waals surface area contributed by atoms with Crippen LogP contribution in [-0.2, 0) is 19.0 Å². The Kier molecular flexibility index (Phi) is 9.38. The third-order valence-electron chi connectivity index (χ3n) is 2.78. The maximum atomic E-state index is 12.6. The van der Waals surface area contributed by atoms with Crippen LogP contribution in [0.1, 0.15) is 68.2 Å². The van der Waals surface area contributed by atoms with Crippen molar-refractivity contribution in [3.63, 3.8) is 0 Å². The molecule has 0 fully saturated rings. The van der Waals surface area contributed by atoms with Gasteiger partial charge in [0.1, 0.15) is 17.8 Å². The third-order valence-corrected chi connectivity index (χ3v) is 2.78. The van der Waals surface area contributed by atoms with Crippen molar-refractivity contribution in [2.75, 3.05) is 6.61 Å². The monoisotopic (exact) mass is 371 g/mol. The fourth-order valence-electron chi connectivity index (χ4n) is 1.81. The van der Waals surface area contributed by atoms with Crippen molar-refractivity contribution in [2.45, 2.75) is 85.5 Å². The van der Waals surface area contributed by atoms with Gasteiger partial charge in [0.15, 0.2) is 0 Å². The lowest BCUT2D eigenvalue weighted by Crippen LogP contribution is -2.50. The maximum absolute atomic E-state index is 12.6. The fraction of sp³-hybridized carbons (Fsp3) is 0.737. The standard InChI is InChI=1S/C19H33NO6/c1-9-10-11-12-15(13-24-14(2)21)20(16(22)25-18(3,4)5)17(23)26-19(6,7)8/h11-12,15H,9-10,13H2,1-8H3/b12-11-/t15-/m1/s1. The zero-order valence-corrected chi connectivity index (χ0v) is 17.3. The molecule has 0 spiro atoms. The quantitative estimate of drug-likeness (QED) is 0.390. The highest BCUT2D eigenvalue weighted by molar-refractivity contribution is 5.89. The molecule has 0 aromatic carbocycles. The molecule has 26 heavy (non-hydrogen) atoms. The van der Waals surface area contributed by atoms with E-state index in [2.05, 4.69) is 0 Å². The Bertz CT molecular complexity index is 485. The van der Waals surface area contributed by atoms with Crippen LogP contribution in [0.3, 0.4) is 0 Å². The number of amides is 2. The SMILES string of the molecule is CCC/C=C\[C@H](COC(C)=O)N(C(=O)OC(C)(C)C)C(=O)OC(C)(C)C. The van der Waals surface area contributed by atoms with E-state index in [1.807, 2.05) is 13.0 Å². The molecule has 0 aliphatic rings. The van der Waals surface area contributed by atoms with Gasteiger partial charge in [-0.25, -0.2) is 14.5 Å². The van der Waals surface area contributed by atoms with Crippen LogP contribution in [0, 0.1) is 0 Å². The molecular weight excluding hydrogens is 338 g/mol. The molecule has 0 unspecified atom stereocenters. The molecule has 0 saturated carbocycles. The molecule has 0 N–H and O–H groups in total. The Balaban J connectivity index is 5.70. The molecule has 0 aromatic rings. The number of rotatable bonds is 6. The van der Waals surface area contributed by atoms with Crippen LogP contribution in [0.5, 0.6) is 0 Å². The lowest BCUT2D eigenvalue weighted by atomic mass is 10.2. The van der Waals surface area contributed by atoms with Gasteiger partial charge in [0.25, 0.3) is 0 Å². The van der Waals surface area contributed by atoms with E-state index in [4.69, 9.17) is 14.2 Å². The molecular formula is C19H33NO6. The predicted molar refractivity (Wildman–Crippen MR) is 98.8 cm³/mol. The Hall–Kier alpha value is -2.05. The molecule has 150 valence electrons. The number of carbonyl (C=O) groups excluding carboxylic acids is 3. The van der Waals surface area contributed by atoms with E-state index in [1.165, 1.54) is 6.92 Å². The van der Waals surface area contributed by atoms with Gasteiger partial charge in [-0.1, -0.05) is 25.5 Å². The van der Waals surface area contributed by atoms with Crippen molar-refractivity contribution < 1.29 is 28.6 Å². The van der Waals surface area contributed by atoms with E-state index < -0.39 is 35.4 Å². The van der Waals surface area contributed by atoms with Gasteiger partial charge in [-0.05, 0) is 48.0 Å². The van der Waals surface area contributed by atoms with Gasteiger partial charge in [-0.2, -0.15) is 0 Å². The second kappa shape index (κ2) is 10.2. The van der Waals surface area contributed by atoms with Crippen LogP contribution in [0.2, 0.25) is 0 Å². The second-order valence-corrected chi connectivity index (χ2v) is 7.92. The predicted octanol–water partition coefficient (Wildman–Crippen LogP) is 4.45. The highest BCUT2D eigenvalue weighted by Gasteiger charge is 2.36. The summed E-state index contributed by atoms with van der Waals surface area (Å²) >= 11 is 0. The minimum absolute atomic E-state index is 0.173. The molecule has 1 atom stereocenters. The summed E-state index contributed by atoms with van der Waals surface area (Å²) in [5.74, 6) is -0.507. The van der Waals surface area contributed by atoms with Crippen molar-refractivity contribution in [1.82, 2.24) is 4.90 Å². The lowest BCUT2D eigenvalue weighted by Gasteiger charge is -2.32. The Morgan fingerprint density at radius 2 is 1.42 bits per heavy atom. The zero-order chi connectivity index (χ0) is 20.5.